The third-order valence-electron chi connectivity index (χ3n) is 2.15. The molecule has 84 valence electrons. The molecular weight excluding hydrogens is 220 g/mol. The largest absolute Gasteiger partial charge is 0.340 e. The number of carbonyl (C=O) groups excluding carboxylic acids is 1. The fourth-order valence-electron chi connectivity index (χ4n) is 1.41. The summed E-state index contributed by atoms with van der Waals surface area (Å²) >= 11 is 1.72. The van der Waals surface area contributed by atoms with E-state index in [1.165, 1.54) is 0 Å². The van der Waals surface area contributed by atoms with Crippen LogP contribution in [-0.4, -0.2) is 41.4 Å². The summed E-state index contributed by atoms with van der Waals surface area (Å²) in [6, 6.07) is 0.208. The lowest BCUT2D eigenvalue weighted by molar-refractivity contribution is -0.127. The Morgan fingerprint density at radius 3 is 2.86 bits per heavy atom. The maximum Gasteiger partial charge on any atom is 0.232 e. The van der Waals surface area contributed by atoms with Gasteiger partial charge in [-0.05, 0) is 18.6 Å². The van der Waals surface area contributed by atoms with Gasteiger partial charge in [0.1, 0.15) is 0 Å². The first-order valence-electron chi connectivity index (χ1n) is 4.85. The highest BCUT2D eigenvalue weighted by molar-refractivity contribution is 7.99. The van der Waals surface area contributed by atoms with Crippen LogP contribution in [0.2, 0.25) is 0 Å². The van der Waals surface area contributed by atoms with Gasteiger partial charge in [0.05, 0.1) is 5.75 Å². The molecule has 1 atom stereocenters. The van der Waals surface area contributed by atoms with Crippen molar-refractivity contribution < 1.29 is 4.79 Å². The van der Waals surface area contributed by atoms with E-state index in [0.717, 1.165) is 31.7 Å². The maximum atomic E-state index is 11.5. The zero-order chi connectivity index (χ0) is 9.68. The van der Waals surface area contributed by atoms with E-state index in [-0.39, 0.29) is 24.4 Å². The summed E-state index contributed by atoms with van der Waals surface area (Å²) in [7, 11) is 0. The molecule has 5 heteroatoms. The summed E-state index contributed by atoms with van der Waals surface area (Å²) in [5.74, 6) is 1.96. The molecule has 1 amide bonds. The molecule has 0 radical (unpaired) electrons. The normalized spacial score (nSPS) is 20.7. The van der Waals surface area contributed by atoms with Gasteiger partial charge < -0.3 is 10.6 Å². The van der Waals surface area contributed by atoms with Gasteiger partial charge in [-0.15, -0.1) is 12.4 Å². The molecule has 0 aromatic heterocycles. The van der Waals surface area contributed by atoms with Gasteiger partial charge in [0.15, 0.2) is 0 Å². The van der Waals surface area contributed by atoms with Crippen molar-refractivity contribution in [3.05, 3.63) is 0 Å². The standard InChI is InChI=1S/C9H18N2OS.ClH/c1-2-5-13-7-9(12)11-4-3-8(10)6-11;/h8H,2-7,10H2,1H3;1H. The molecule has 14 heavy (non-hydrogen) atoms. The molecule has 1 unspecified atom stereocenters. The van der Waals surface area contributed by atoms with Crippen molar-refractivity contribution >= 4 is 30.1 Å². The average Bonchev–Trinajstić information content (AvgIpc) is 2.52. The fourth-order valence-corrected chi connectivity index (χ4v) is 2.20. The van der Waals surface area contributed by atoms with Crippen LogP contribution in [0, 0.1) is 0 Å². The van der Waals surface area contributed by atoms with Crippen molar-refractivity contribution in [1.82, 2.24) is 4.90 Å². The third-order valence-corrected chi connectivity index (χ3v) is 3.30. The van der Waals surface area contributed by atoms with E-state index >= 15 is 0 Å². The second kappa shape index (κ2) is 7.37. The Morgan fingerprint density at radius 1 is 1.64 bits per heavy atom. The van der Waals surface area contributed by atoms with Crippen molar-refractivity contribution in [3.63, 3.8) is 0 Å². The number of carbonyl (C=O) groups is 1. The van der Waals surface area contributed by atoms with Crippen molar-refractivity contribution in [1.29, 1.82) is 0 Å². The average molecular weight is 239 g/mol. The predicted octanol–water partition coefficient (Wildman–Crippen LogP) is 1.11. The highest BCUT2D eigenvalue weighted by Crippen LogP contribution is 2.10. The Hall–Kier alpha value is 0.0700. The molecule has 1 aliphatic heterocycles. The minimum atomic E-state index is 0. The van der Waals surface area contributed by atoms with Crippen molar-refractivity contribution in [2.45, 2.75) is 25.8 Å². The molecule has 0 bridgehead atoms. The molecule has 0 aromatic carbocycles. The van der Waals surface area contributed by atoms with Gasteiger partial charge in [-0.3, -0.25) is 4.79 Å². The Labute approximate surface area is 96.2 Å². The van der Waals surface area contributed by atoms with Gasteiger partial charge >= 0.3 is 0 Å². The van der Waals surface area contributed by atoms with E-state index in [2.05, 4.69) is 6.92 Å². The number of hydrogen-bond donors (Lipinski definition) is 1. The van der Waals surface area contributed by atoms with E-state index in [1.54, 1.807) is 11.8 Å². The zero-order valence-corrected chi connectivity index (χ0v) is 10.2. The number of thioether (sulfide) groups is 1. The molecule has 1 fully saturated rings. The number of likely N-dealkylation sites (tertiary alicyclic amines) is 1. The van der Waals surface area contributed by atoms with E-state index in [4.69, 9.17) is 5.73 Å². The number of hydrogen-bond acceptors (Lipinski definition) is 3. The summed E-state index contributed by atoms with van der Waals surface area (Å²) in [4.78, 5) is 13.4. The number of halogens is 1. The second-order valence-corrected chi connectivity index (χ2v) is 4.55. The summed E-state index contributed by atoms with van der Waals surface area (Å²) in [5, 5.41) is 0. The Morgan fingerprint density at radius 2 is 2.36 bits per heavy atom. The topological polar surface area (TPSA) is 46.3 Å². The molecule has 0 aromatic rings. The number of rotatable bonds is 4. The van der Waals surface area contributed by atoms with Gasteiger partial charge in [0.2, 0.25) is 5.91 Å². The molecule has 1 heterocycles. The monoisotopic (exact) mass is 238 g/mol. The van der Waals surface area contributed by atoms with Crippen LogP contribution in [0.4, 0.5) is 0 Å². The van der Waals surface area contributed by atoms with Crippen LogP contribution in [0.1, 0.15) is 19.8 Å². The van der Waals surface area contributed by atoms with Gasteiger partial charge in [-0.1, -0.05) is 6.92 Å². The maximum absolute atomic E-state index is 11.5. The van der Waals surface area contributed by atoms with Crippen LogP contribution < -0.4 is 5.73 Å². The predicted molar refractivity (Wildman–Crippen MR) is 64.0 cm³/mol. The molecule has 1 saturated heterocycles. The van der Waals surface area contributed by atoms with E-state index in [1.807, 2.05) is 4.90 Å². The van der Waals surface area contributed by atoms with Crippen LogP contribution in [0.15, 0.2) is 0 Å². The summed E-state index contributed by atoms with van der Waals surface area (Å²) in [6.45, 7) is 3.74. The number of nitrogens with two attached hydrogens (primary N) is 1. The van der Waals surface area contributed by atoms with Crippen LogP contribution in [0.5, 0.6) is 0 Å². The smallest absolute Gasteiger partial charge is 0.232 e. The number of nitrogens with zero attached hydrogens (tertiary/aromatic N) is 1. The molecule has 1 rings (SSSR count). The Kier molecular flexibility index (Phi) is 7.41. The lowest BCUT2D eigenvalue weighted by Crippen LogP contribution is -2.33. The third kappa shape index (κ3) is 4.53. The lowest BCUT2D eigenvalue weighted by Gasteiger charge is -2.14. The Bertz CT molecular complexity index is 180. The molecule has 1 aliphatic rings. The van der Waals surface area contributed by atoms with Crippen LogP contribution in [0.25, 0.3) is 0 Å². The first-order chi connectivity index (χ1) is 6.24. The van der Waals surface area contributed by atoms with Crippen LogP contribution in [-0.2, 0) is 4.79 Å². The van der Waals surface area contributed by atoms with E-state index in [9.17, 15) is 4.79 Å². The second-order valence-electron chi connectivity index (χ2n) is 3.44. The van der Waals surface area contributed by atoms with Crippen molar-refractivity contribution in [2.24, 2.45) is 5.73 Å². The summed E-state index contributed by atoms with van der Waals surface area (Å²) in [6.07, 6.45) is 2.10. The van der Waals surface area contributed by atoms with Gasteiger partial charge in [0, 0.05) is 19.1 Å². The van der Waals surface area contributed by atoms with Gasteiger partial charge in [0.25, 0.3) is 0 Å². The molecular formula is C9H19ClN2OS. The van der Waals surface area contributed by atoms with Gasteiger partial charge in [-0.2, -0.15) is 11.8 Å². The highest BCUT2D eigenvalue weighted by Gasteiger charge is 2.22. The Balaban J connectivity index is 0.00000169. The van der Waals surface area contributed by atoms with Crippen LogP contribution >= 0.6 is 24.2 Å². The van der Waals surface area contributed by atoms with Crippen molar-refractivity contribution in [3.8, 4) is 0 Å². The molecule has 0 spiro atoms. The molecule has 0 aliphatic carbocycles. The first kappa shape index (κ1) is 14.1. The summed E-state index contributed by atoms with van der Waals surface area (Å²) < 4.78 is 0. The highest BCUT2D eigenvalue weighted by atomic mass is 35.5. The lowest BCUT2D eigenvalue weighted by atomic mass is 10.3. The minimum absolute atomic E-state index is 0. The molecule has 3 nitrogen and oxygen atoms in total. The number of amides is 1. The first-order valence-corrected chi connectivity index (χ1v) is 6.00. The van der Waals surface area contributed by atoms with Gasteiger partial charge in [-0.25, -0.2) is 0 Å². The van der Waals surface area contributed by atoms with E-state index in [0.29, 0.717) is 5.75 Å². The minimum Gasteiger partial charge on any atom is -0.340 e. The zero-order valence-electron chi connectivity index (χ0n) is 8.57. The molecule has 0 saturated carbocycles. The quantitative estimate of drug-likeness (QED) is 0.747. The summed E-state index contributed by atoms with van der Waals surface area (Å²) in [5.41, 5.74) is 5.72. The fraction of sp³-hybridized carbons (Fsp3) is 0.889. The van der Waals surface area contributed by atoms with Crippen LogP contribution in [0.3, 0.4) is 0 Å². The molecule has 2 N–H and O–H groups in total. The van der Waals surface area contributed by atoms with Crippen molar-refractivity contribution in [2.75, 3.05) is 24.6 Å². The van der Waals surface area contributed by atoms with E-state index < -0.39 is 0 Å². The SMILES string of the molecule is CCCSCC(=O)N1CCC(N)C1.Cl.